The summed E-state index contributed by atoms with van der Waals surface area (Å²) in [7, 11) is 0. The number of rotatable bonds is 2. The second-order valence-electron chi connectivity index (χ2n) is 7.00. The number of benzene rings is 1. The lowest BCUT2D eigenvalue weighted by Crippen LogP contribution is -2.59. The molecule has 2 saturated heterocycles. The van der Waals surface area contributed by atoms with Crippen LogP contribution >= 0.6 is 36.4 Å². The van der Waals surface area contributed by atoms with Crippen LogP contribution in [0.4, 0.5) is 0 Å². The first-order valence-corrected chi connectivity index (χ1v) is 9.15. The predicted molar refractivity (Wildman–Crippen MR) is 109 cm³/mol. The number of carbonyl (C=O) groups excluding carboxylic acids is 1. The fourth-order valence-corrected chi connectivity index (χ4v) is 3.85. The number of fused-ring (bicyclic) bond motifs is 1. The van der Waals surface area contributed by atoms with Crippen molar-refractivity contribution >= 4 is 53.4 Å². The van der Waals surface area contributed by atoms with Gasteiger partial charge in [0.15, 0.2) is 11.5 Å². The largest absolute Gasteiger partial charge is 0.440 e. The zero-order chi connectivity index (χ0) is 17.4. The quantitative estimate of drug-likeness (QED) is 0.778. The lowest BCUT2D eigenvalue weighted by atomic mass is 9.88. The molecule has 0 unspecified atom stereocenters. The van der Waals surface area contributed by atoms with E-state index in [0.717, 1.165) is 29.8 Å². The Hall–Kier alpha value is -1.05. The number of carbonyl (C=O) groups is 1. The van der Waals surface area contributed by atoms with Crippen LogP contribution in [0.25, 0.3) is 11.1 Å². The van der Waals surface area contributed by atoms with Gasteiger partial charge in [-0.1, -0.05) is 11.6 Å². The number of ether oxygens (including phenoxy) is 1. The summed E-state index contributed by atoms with van der Waals surface area (Å²) in [4.78, 5) is 19.3. The van der Waals surface area contributed by atoms with Gasteiger partial charge in [0.25, 0.3) is 0 Å². The summed E-state index contributed by atoms with van der Waals surface area (Å²) in [5.74, 6) is 1.01. The third-order valence-corrected chi connectivity index (χ3v) is 5.54. The van der Waals surface area contributed by atoms with E-state index in [1.807, 2.05) is 17.0 Å². The van der Waals surface area contributed by atoms with Gasteiger partial charge in [0, 0.05) is 37.2 Å². The van der Waals surface area contributed by atoms with Gasteiger partial charge in [-0.25, -0.2) is 4.98 Å². The van der Waals surface area contributed by atoms with Crippen LogP contribution in [-0.2, 0) is 9.53 Å². The molecule has 0 bridgehead atoms. The van der Waals surface area contributed by atoms with Crippen LogP contribution in [0, 0.1) is 0 Å². The van der Waals surface area contributed by atoms with Gasteiger partial charge in [0.05, 0.1) is 5.54 Å². The van der Waals surface area contributed by atoms with E-state index in [4.69, 9.17) is 26.5 Å². The third-order valence-electron chi connectivity index (χ3n) is 5.31. The van der Waals surface area contributed by atoms with Crippen molar-refractivity contribution in [1.29, 1.82) is 0 Å². The van der Waals surface area contributed by atoms with Crippen molar-refractivity contribution in [1.82, 2.24) is 9.88 Å². The first-order chi connectivity index (χ1) is 12.0. The van der Waals surface area contributed by atoms with Crippen LogP contribution in [0.3, 0.4) is 0 Å². The van der Waals surface area contributed by atoms with E-state index in [1.54, 1.807) is 6.07 Å². The fraction of sp³-hybridized carbons (Fsp3) is 0.556. The monoisotopic (exact) mass is 435 g/mol. The molecule has 3 heterocycles. The summed E-state index contributed by atoms with van der Waals surface area (Å²) >= 11 is 6.01. The molecule has 0 atom stereocenters. The fourth-order valence-electron chi connectivity index (χ4n) is 3.69. The molecule has 150 valence electrons. The minimum Gasteiger partial charge on any atom is -0.440 e. The highest BCUT2D eigenvalue weighted by atomic mass is 35.5. The SMILES string of the molecule is Cl.Cl.NC1(C(=O)N2CCC(c3nc4cc(Cl)ccc4o3)CC2)CCOCC1. The Labute approximate surface area is 175 Å². The standard InChI is InChI=1S/C18H22ClN3O3.2ClH/c19-13-1-2-15-14(11-13)21-16(25-15)12-3-7-22(8-4-12)17(23)18(20)5-9-24-10-6-18;;/h1-2,11-12H,3-10,20H2;2*1H. The Balaban J connectivity index is 0.00000131. The van der Waals surface area contributed by atoms with Crippen LogP contribution in [0.1, 0.15) is 37.5 Å². The Kier molecular flexibility index (Phi) is 7.39. The predicted octanol–water partition coefficient (Wildman–Crippen LogP) is 3.54. The highest BCUT2D eigenvalue weighted by molar-refractivity contribution is 6.31. The maximum absolute atomic E-state index is 12.8. The smallest absolute Gasteiger partial charge is 0.242 e. The summed E-state index contributed by atoms with van der Waals surface area (Å²) < 4.78 is 11.2. The van der Waals surface area contributed by atoms with E-state index in [0.29, 0.717) is 44.2 Å². The van der Waals surface area contributed by atoms with E-state index in [2.05, 4.69) is 4.98 Å². The van der Waals surface area contributed by atoms with Crippen molar-refractivity contribution in [3.63, 3.8) is 0 Å². The van der Waals surface area contributed by atoms with Crippen molar-refractivity contribution < 1.29 is 13.9 Å². The lowest BCUT2D eigenvalue weighted by Gasteiger charge is -2.39. The normalized spacial score (nSPS) is 20.0. The van der Waals surface area contributed by atoms with Gasteiger partial charge in [-0.2, -0.15) is 0 Å². The molecule has 0 spiro atoms. The van der Waals surface area contributed by atoms with Crippen molar-refractivity contribution in [3.8, 4) is 0 Å². The number of nitrogens with zero attached hydrogens (tertiary/aromatic N) is 2. The lowest BCUT2D eigenvalue weighted by molar-refractivity contribution is -0.141. The maximum Gasteiger partial charge on any atom is 0.242 e. The van der Waals surface area contributed by atoms with E-state index in [1.165, 1.54) is 0 Å². The molecule has 2 aliphatic heterocycles. The molecule has 1 aromatic carbocycles. The maximum atomic E-state index is 12.8. The molecule has 2 N–H and O–H groups in total. The van der Waals surface area contributed by atoms with Gasteiger partial charge in [0.1, 0.15) is 5.52 Å². The van der Waals surface area contributed by atoms with Crippen LogP contribution in [0.5, 0.6) is 0 Å². The molecule has 6 nitrogen and oxygen atoms in total. The zero-order valence-corrected chi connectivity index (χ0v) is 17.2. The molecule has 0 aliphatic carbocycles. The molecule has 0 saturated carbocycles. The van der Waals surface area contributed by atoms with Crippen LogP contribution in [-0.4, -0.2) is 47.6 Å². The number of piperidine rings is 1. The van der Waals surface area contributed by atoms with Crippen molar-refractivity contribution in [2.24, 2.45) is 5.73 Å². The molecule has 9 heteroatoms. The van der Waals surface area contributed by atoms with E-state index < -0.39 is 5.54 Å². The van der Waals surface area contributed by atoms with Gasteiger partial charge in [-0.3, -0.25) is 4.79 Å². The van der Waals surface area contributed by atoms with Crippen molar-refractivity contribution in [2.75, 3.05) is 26.3 Å². The summed E-state index contributed by atoms with van der Waals surface area (Å²) in [5, 5.41) is 0.650. The van der Waals surface area contributed by atoms with Gasteiger partial charge in [-0.05, 0) is 43.9 Å². The van der Waals surface area contributed by atoms with Crippen LogP contribution < -0.4 is 5.73 Å². The Morgan fingerprint density at radius 3 is 2.56 bits per heavy atom. The molecule has 2 aliphatic rings. The number of hydrogen-bond donors (Lipinski definition) is 1. The Morgan fingerprint density at radius 1 is 1.22 bits per heavy atom. The van der Waals surface area contributed by atoms with Crippen molar-refractivity contribution in [2.45, 2.75) is 37.1 Å². The molecule has 4 rings (SSSR count). The Bertz CT molecular complexity index is 784. The molecule has 27 heavy (non-hydrogen) atoms. The topological polar surface area (TPSA) is 81.6 Å². The number of amides is 1. The third kappa shape index (κ3) is 4.51. The Morgan fingerprint density at radius 2 is 1.89 bits per heavy atom. The summed E-state index contributed by atoms with van der Waals surface area (Å²) in [6.45, 7) is 2.49. The minimum absolute atomic E-state index is 0. The van der Waals surface area contributed by atoms with Crippen LogP contribution in [0.2, 0.25) is 5.02 Å². The van der Waals surface area contributed by atoms with Crippen LogP contribution in [0.15, 0.2) is 22.6 Å². The first-order valence-electron chi connectivity index (χ1n) is 8.77. The summed E-state index contributed by atoms with van der Waals surface area (Å²) in [5.41, 5.74) is 7.10. The second kappa shape index (κ2) is 8.97. The number of likely N-dealkylation sites (tertiary alicyclic amines) is 1. The second-order valence-corrected chi connectivity index (χ2v) is 7.44. The number of oxazole rings is 1. The average Bonchev–Trinajstić information content (AvgIpc) is 3.05. The van der Waals surface area contributed by atoms with Crippen molar-refractivity contribution in [3.05, 3.63) is 29.1 Å². The zero-order valence-electron chi connectivity index (χ0n) is 14.9. The molecule has 0 radical (unpaired) electrons. The molecule has 1 aromatic heterocycles. The molecule has 2 aromatic rings. The molecular weight excluding hydrogens is 413 g/mol. The molecule has 2 fully saturated rings. The minimum atomic E-state index is -0.764. The van der Waals surface area contributed by atoms with Gasteiger partial charge in [0.2, 0.25) is 5.91 Å². The van der Waals surface area contributed by atoms with E-state index >= 15 is 0 Å². The number of hydrogen-bond acceptors (Lipinski definition) is 5. The van der Waals surface area contributed by atoms with Gasteiger partial charge < -0.3 is 19.8 Å². The highest BCUT2D eigenvalue weighted by Crippen LogP contribution is 2.32. The first kappa shape index (κ1) is 22.2. The average molecular weight is 437 g/mol. The highest BCUT2D eigenvalue weighted by Gasteiger charge is 2.40. The van der Waals surface area contributed by atoms with Gasteiger partial charge in [-0.15, -0.1) is 24.8 Å². The summed E-state index contributed by atoms with van der Waals surface area (Å²) in [6.07, 6.45) is 2.85. The molecular formula is C18H24Cl3N3O3. The van der Waals surface area contributed by atoms with E-state index in [-0.39, 0.29) is 36.6 Å². The van der Waals surface area contributed by atoms with E-state index in [9.17, 15) is 4.79 Å². The number of aromatic nitrogens is 1. The molecule has 1 amide bonds. The van der Waals surface area contributed by atoms with Gasteiger partial charge >= 0.3 is 0 Å². The number of nitrogens with two attached hydrogens (primary N) is 1. The summed E-state index contributed by atoms with van der Waals surface area (Å²) in [6, 6.07) is 5.46. The number of halogens is 3.